The lowest BCUT2D eigenvalue weighted by Gasteiger charge is -2.22. The van der Waals surface area contributed by atoms with Crippen LogP contribution in [0.1, 0.15) is 10.4 Å². The van der Waals surface area contributed by atoms with Gasteiger partial charge in [-0.2, -0.15) is 0 Å². The van der Waals surface area contributed by atoms with Gasteiger partial charge in [0.1, 0.15) is 0 Å². The lowest BCUT2D eigenvalue weighted by Crippen LogP contribution is -2.25. The molecule has 0 aliphatic carbocycles. The number of likely N-dealkylation sites (N-methyl/N-ethyl adjacent to an activating group) is 1. The third kappa shape index (κ3) is 3.23. The first kappa shape index (κ1) is 14.7. The van der Waals surface area contributed by atoms with Gasteiger partial charge in [-0.25, -0.2) is 0 Å². The van der Waals surface area contributed by atoms with Gasteiger partial charge >= 0.3 is 0 Å². The van der Waals surface area contributed by atoms with E-state index in [1.54, 1.807) is 17.4 Å². The van der Waals surface area contributed by atoms with Crippen molar-refractivity contribution in [1.82, 2.24) is 0 Å². The largest absolute Gasteiger partial charge is 0.409 e. The van der Waals surface area contributed by atoms with Crippen LogP contribution in [0.4, 0.5) is 5.69 Å². The number of halogens is 1. The molecule has 0 radical (unpaired) electrons. The number of rotatable bonds is 5. The van der Waals surface area contributed by atoms with Crippen LogP contribution in [0.2, 0.25) is 5.02 Å². The van der Waals surface area contributed by atoms with E-state index in [4.69, 9.17) is 22.5 Å². The van der Waals surface area contributed by atoms with Crippen LogP contribution in [0.5, 0.6) is 0 Å². The molecule has 2 aromatic rings. The standard InChI is InChI=1S/C14H16ClN3OS/c1-18(8-7-10-4-3-9-20-10)12-6-2-5-11(15)13(12)14(16)17-19/h2-6,9,19H,7-8H2,1H3,(H2,16,17). The smallest absolute Gasteiger partial charge is 0.173 e. The molecule has 0 amide bonds. The van der Waals surface area contributed by atoms with E-state index in [-0.39, 0.29) is 5.84 Å². The molecule has 0 aliphatic rings. The number of nitrogens with zero attached hydrogens (tertiary/aromatic N) is 2. The van der Waals surface area contributed by atoms with E-state index >= 15 is 0 Å². The normalized spacial score (nSPS) is 11.6. The van der Waals surface area contributed by atoms with Crippen molar-refractivity contribution in [2.45, 2.75) is 6.42 Å². The zero-order valence-corrected chi connectivity index (χ0v) is 12.7. The molecule has 0 bridgehead atoms. The van der Waals surface area contributed by atoms with Crippen molar-refractivity contribution >= 4 is 34.5 Å². The summed E-state index contributed by atoms with van der Waals surface area (Å²) in [7, 11) is 1.97. The summed E-state index contributed by atoms with van der Waals surface area (Å²) in [6, 6.07) is 9.65. The third-order valence-corrected chi connectivity index (χ3v) is 4.29. The quantitative estimate of drug-likeness (QED) is 0.386. The summed E-state index contributed by atoms with van der Waals surface area (Å²) in [4.78, 5) is 3.38. The van der Waals surface area contributed by atoms with Crippen LogP contribution in [-0.4, -0.2) is 24.6 Å². The van der Waals surface area contributed by atoms with Gasteiger partial charge in [0.15, 0.2) is 5.84 Å². The molecule has 0 unspecified atom stereocenters. The molecule has 4 nitrogen and oxygen atoms in total. The summed E-state index contributed by atoms with van der Waals surface area (Å²) in [5.41, 5.74) is 7.13. The summed E-state index contributed by atoms with van der Waals surface area (Å²) in [5.74, 6) is 0.0218. The van der Waals surface area contributed by atoms with Crippen LogP contribution < -0.4 is 10.6 Å². The Balaban J connectivity index is 2.21. The predicted molar refractivity (Wildman–Crippen MR) is 85.3 cm³/mol. The maximum atomic E-state index is 8.89. The van der Waals surface area contributed by atoms with Gasteiger partial charge in [-0.1, -0.05) is 28.9 Å². The number of nitrogens with two attached hydrogens (primary N) is 1. The fourth-order valence-electron chi connectivity index (χ4n) is 1.99. The molecule has 2 rings (SSSR count). The first-order valence-corrected chi connectivity index (χ1v) is 7.39. The Labute approximate surface area is 127 Å². The minimum Gasteiger partial charge on any atom is -0.409 e. The van der Waals surface area contributed by atoms with E-state index in [1.165, 1.54) is 4.88 Å². The van der Waals surface area contributed by atoms with Crippen molar-refractivity contribution in [3.63, 3.8) is 0 Å². The zero-order chi connectivity index (χ0) is 14.5. The Morgan fingerprint density at radius 3 is 2.85 bits per heavy atom. The van der Waals surface area contributed by atoms with E-state index in [0.717, 1.165) is 18.7 Å². The molecular weight excluding hydrogens is 294 g/mol. The second kappa shape index (κ2) is 6.63. The molecule has 0 aliphatic heterocycles. The van der Waals surface area contributed by atoms with Crippen molar-refractivity contribution in [3.8, 4) is 0 Å². The van der Waals surface area contributed by atoms with Crippen LogP contribution in [0.25, 0.3) is 0 Å². The lowest BCUT2D eigenvalue weighted by atomic mass is 10.1. The molecule has 0 saturated heterocycles. The summed E-state index contributed by atoms with van der Waals surface area (Å²) in [6.45, 7) is 0.826. The first-order valence-electron chi connectivity index (χ1n) is 6.13. The van der Waals surface area contributed by atoms with Crippen molar-refractivity contribution < 1.29 is 5.21 Å². The van der Waals surface area contributed by atoms with Gasteiger partial charge in [0.05, 0.1) is 10.6 Å². The number of amidine groups is 1. The van der Waals surface area contributed by atoms with Crippen molar-refractivity contribution in [2.24, 2.45) is 10.9 Å². The van der Waals surface area contributed by atoms with Gasteiger partial charge in [0.2, 0.25) is 0 Å². The van der Waals surface area contributed by atoms with Gasteiger partial charge in [-0.15, -0.1) is 11.3 Å². The summed E-state index contributed by atoms with van der Waals surface area (Å²) >= 11 is 7.89. The SMILES string of the molecule is CN(CCc1cccs1)c1cccc(Cl)c1C(N)=NO. The average molecular weight is 310 g/mol. The van der Waals surface area contributed by atoms with Crippen LogP contribution in [0.3, 0.4) is 0 Å². The van der Waals surface area contributed by atoms with Crippen molar-refractivity contribution in [1.29, 1.82) is 0 Å². The molecule has 1 aromatic carbocycles. The van der Waals surface area contributed by atoms with E-state index in [0.29, 0.717) is 10.6 Å². The molecule has 0 fully saturated rings. The molecule has 0 spiro atoms. The average Bonchev–Trinajstić information content (AvgIpc) is 2.97. The minimum atomic E-state index is 0.0218. The Morgan fingerprint density at radius 1 is 1.40 bits per heavy atom. The van der Waals surface area contributed by atoms with E-state index < -0.39 is 0 Å². The fraction of sp³-hybridized carbons (Fsp3) is 0.214. The van der Waals surface area contributed by atoms with Gasteiger partial charge in [-0.05, 0) is 30.0 Å². The highest BCUT2D eigenvalue weighted by Crippen LogP contribution is 2.27. The Hall–Kier alpha value is -1.72. The van der Waals surface area contributed by atoms with E-state index in [2.05, 4.69) is 21.5 Å². The molecule has 1 aromatic heterocycles. The van der Waals surface area contributed by atoms with Crippen LogP contribution in [0, 0.1) is 0 Å². The zero-order valence-electron chi connectivity index (χ0n) is 11.1. The molecule has 0 atom stereocenters. The topological polar surface area (TPSA) is 61.8 Å². The monoisotopic (exact) mass is 309 g/mol. The summed E-state index contributed by atoms with van der Waals surface area (Å²) in [6.07, 6.45) is 0.941. The number of oxime groups is 1. The lowest BCUT2D eigenvalue weighted by molar-refractivity contribution is 0.318. The third-order valence-electron chi connectivity index (χ3n) is 3.04. The van der Waals surface area contributed by atoms with Crippen molar-refractivity contribution in [3.05, 3.63) is 51.2 Å². The maximum absolute atomic E-state index is 8.89. The molecular formula is C14H16ClN3OS. The van der Waals surface area contributed by atoms with Gasteiger partial charge in [0.25, 0.3) is 0 Å². The predicted octanol–water partition coefficient (Wildman–Crippen LogP) is 3.17. The van der Waals surface area contributed by atoms with Crippen LogP contribution >= 0.6 is 22.9 Å². The Morgan fingerprint density at radius 2 is 2.20 bits per heavy atom. The first-order chi connectivity index (χ1) is 9.63. The molecule has 1 heterocycles. The molecule has 6 heteroatoms. The highest BCUT2D eigenvalue weighted by molar-refractivity contribution is 7.09. The molecule has 3 N–H and O–H groups in total. The minimum absolute atomic E-state index is 0.0218. The van der Waals surface area contributed by atoms with Gasteiger partial charge in [-0.3, -0.25) is 0 Å². The summed E-state index contributed by atoms with van der Waals surface area (Å²) < 4.78 is 0. The fourth-order valence-corrected chi connectivity index (χ4v) is 2.95. The number of benzene rings is 1. The number of anilines is 1. The van der Waals surface area contributed by atoms with E-state index in [1.807, 2.05) is 25.2 Å². The second-order valence-corrected chi connectivity index (χ2v) is 5.81. The Bertz CT molecular complexity index is 598. The Kier molecular flexibility index (Phi) is 4.87. The van der Waals surface area contributed by atoms with Crippen molar-refractivity contribution in [2.75, 3.05) is 18.5 Å². The van der Waals surface area contributed by atoms with Crippen LogP contribution in [0.15, 0.2) is 40.9 Å². The molecule has 106 valence electrons. The molecule has 20 heavy (non-hydrogen) atoms. The van der Waals surface area contributed by atoms with Gasteiger partial charge < -0.3 is 15.8 Å². The number of hydrogen-bond acceptors (Lipinski definition) is 4. The van der Waals surface area contributed by atoms with Crippen LogP contribution in [-0.2, 0) is 6.42 Å². The van der Waals surface area contributed by atoms with E-state index in [9.17, 15) is 0 Å². The maximum Gasteiger partial charge on any atom is 0.173 e. The highest BCUT2D eigenvalue weighted by Gasteiger charge is 2.14. The highest BCUT2D eigenvalue weighted by atomic mass is 35.5. The number of hydrogen-bond donors (Lipinski definition) is 2. The second-order valence-electron chi connectivity index (χ2n) is 4.37. The molecule has 0 saturated carbocycles. The van der Waals surface area contributed by atoms with Gasteiger partial charge in [0, 0.05) is 24.2 Å². The summed E-state index contributed by atoms with van der Waals surface area (Å²) in [5, 5.41) is 14.5. The number of thiophene rings is 1.